The van der Waals surface area contributed by atoms with Crippen molar-refractivity contribution in [3.8, 4) is 0 Å². The minimum absolute atomic E-state index is 0.115. The molecule has 2 aromatic carbocycles. The van der Waals surface area contributed by atoms with Gasteiger partial charge in [-0.15, -0.1) is 0 Å². The molecule has 132 valence electrons. The first-order valence-electron chi connectivity index (χ1n) is 8.15. The van der Waals surface area contributed by atoms with Crippen molar-refractivity contribution in [1.82, 2.24) is 5.32 Å². The number of halogens is 1. The van der Waals surface area contributed by atoms with Gasteiger partial charge in [-0.05, 0) is 36.8 Å². The van der Waals surface area contributed by atoms with Gasteiger partial charge in [0.2, 0.25) is 0 Å². The van der Waals surface area contributed by atoms with Gasteiger partial charge in [-0.25, -0.2) is 4.39 Å². The number of amides is 2. The quantitative estimate of drug-likeness (QED) is 0.701. The molecule has 6 heteroatoms. The lowest BCUT2D eigenvalue weighted by molar-refractivity contribution is -0.885. The number of rotatable bonds is 7. The standard InChI is InChI=1S/C19H22FN3O2/c1-14(19(25)21-12-15-6-4-3-5-7-15)23(2)13-18(24)22-17-10-8-16(20)9-11-17/h3-11,14H,12-13H2,1-2H3,(H,21,25)(H,22,24)/p+1/t14-/m0/s1. The maximum atomic E-state index is 12.9. The zero-order valence-electron chi connectivity index (χ0n) is 14.4. The highest BCUT2D eigenvalue weighted by atomic mass is 19.1. The third-order valence-corrected chi connectivity index (χ3v) is 4.01. The summed E-state index contributed by atoms with van der Waals surface area (Å²) >= 11 is 0. The van der Waals surface area contributed by atoms with Crippen molar-refractivity contribution in [2.24, 2.45) is 0 Å². The Kier molecular flexibility index (Phi) is 6.65. The normalized spacial score (nSPS) is 12.9. The Morgan fingerprint density at radius 2 is 1.72 bits per heavy atom. The zero-order valence-corrected chi connectivity index (χ0v) is 14.4. The molecule has 25 heavy (non-hydrogen) atoms. The molecule has 3 N–H and O–H groups in total. The fraction of sp³-hybridized carbons (Fsp3) is 0.263. The van der Waals surface area contributed by atoms with Crippen LogP contribution < -0.4 is 15.5 Å². The number of carbonyl (C=O) groups excluding carboxylic acids is 2. The van der Waals surface area contributed by atoms with Crippen LogP contribution in [0.3, 0.4) is 0 Å². The van der Waals surface area contributed by atoms with E-state index in [2.05, 4.69) is 10.6 Å². The Morgan fingerprint density at radius 3 is 2.36 bits per heavy atom. The summed E-state index contributed by atoms with van der Waals surface area (Å²) < 4.78 is 12.9. The second-order valence-electron chi connectivity index (χ2n) is 6.00. The topological polar surface area (TPSA) is 62.6 Å². The molecule has 2 rings (SSSR count). The molecule has 5 nitrogen and oxygen atoms in total. The second-order valence-corrected chi connectivity index (χ2v) is 6.00. The first kappa shape index (κ1) is 18.6. The lowest BCUT2D eigenvalue weighted by Crippen LogP contribution is -3.15. The molecule has 0 aliphatic rings. The SMILES string of the molecule is C[C@@H](C(=O)NCc1ccccc1)[NH+](C)CC(=O)Nc1ccc(F)cc1. The lowest BCUT2D eigenvalue weighted by atomic mass is 10.2. The van der Waals surface area contributed by atoms with Crippen LogP contribution in [-0.2, 0) is 16.1 Å². The van der Waals surface area contributed by atoms with Gasteiger partial charge in [0.15, 0.2) is 12.6 Å². The molecule has 1 unspecified atom stereocenters. The van der Waals surface area contributed by atoms with Crippen LogP contribution >= 0.6 is 0 Å². The first-order valence-corrected chi connectivity index (χ1v) is 8.15. The molecular formula is C19H23FN3O2+. The van der Waals surface area contributed by atoms with E-state index in [1.807, 2.05) is 30.3 Å². The molecule has 0 aromatic heterocycles. The number of hydrogen-bond acceptors (Lipinski definition) is 2. The summed E-state index contributed by atoms with van der Waals surface area (Å²) in [4.78, 5) is 25.1. The predicted octanol–water partition coefficient (Wildman–Crippen LogP) is 0.984. The Balaban J connectivity index is 1.80. The first-order chi connectivity index (χ1) is 12.0. The number of benzene rings is 2. The summed E-state index contributed by atoms with van der Waals surface area (Å²) in [5.74, 6) is -0.702. The number of hydrogen-bond donors (Lipinski definition) is 3. The van der Waals surface area contributed by atoms with Gasteiger partial charge < -0.3 is 15.5 Å². The Labute approximate surface area is 146 Å². The van der Waals surface area contributed by atoms with Crippen LogP contribution in [0.1, 0.15) is 12.5 Å². The fourth-order valence-electron chi connectivity index (χ4n) is 2.31. The van der Waals surface area contributed by atoms with Gasteiger partial charge in [-0.2, -0.15) is 0 Å². The highest BCUT2D eigenvalue weighted by Crippen LogP contribution is 2.07. The molecule has 0 radical (unpaired) electrons. The van der Waals surface area contributed by atoms with Crippen LogP contribution in [0.5, 0.6) is 0 Å². The molecule has 0 fully saturated rings. The molecule has 0 aliphatic carbocycles. The average molecular weight is 344 g/mol. The number of anilines is 1. The van der Waals surface area contributed by atoms with E-state index in [1.165, 1.54) is 24.3 Å². The second kappa shape index (κ2) is 8.94. The summed E-state index contributed by atoms with van der Waals surface area (Å²) in [6.45, 7) is 2.37. The Hall–Kier alpha value is -2.73. The molecule has 0 bridgehead atoms. The summed E-state index contributed by atoms with van der Waals surface area (Å²) in [6, 6.07) is 14.8. The smallest absolute Gasteiger partial charge is 0.279 e. The Bertz CT molecular complexity index is 704. The van der Waals surface area contributed by atoms with E-state index in [-0.39, 0.29) is 30.2 Å². The number of carbonyl (C=O) groups is 2. The maximum Gasteiger partial charge on any atom is 0.279 e. The maximum absolute atomic E-state index is 12.9. The summed E-state index contributed by atoms with van der Waals surface area (Å²) in [5, 5.41) is 5.57. The van der Waals surface area contributed by atoms with E-state index in [0.29, 0.717) is 12.2 Å². The van der Waals surface area contributed by atoms with Crippen molar-refractivity contribution in [3.63, 3.8) is 0 Å². The molecule has 0 aliphatic heterocycles. The van der Waals surface area contributed by atoms with Gasteiger partial charge in [0, 0.05) is 12.2 Å². The molecule has 0 heterocycles. The van der Waals surface area contributed by atoms with Crippen LogP contribution in [0.2, 0.25) is 0 Å². The van der Waals surface area contributed by atoms with Gasteiger partial charge in [0.25, 0.3) is 11.8 Å². The van der Waals surface area contributed by atoms with E-state index in [4.69, 9.17) is 0 Å². The summed E-state index contributed by atoms with van der Waals surface area (Å²) in [5.41, 5.74) is 1.55. The van der Waals surface area contributed by atoms with Gasteiger partial charge in [-0.1, -0.05) is 30.3 Å². The number of quaternary nitrogens is 1. The van der Waals surface area contributed by atoms with Crippen molar-refractivity contribution in [1.29, 1.82) is 0 Å². The van der Waals surface area contributed by atoms with Crippen LogP contribution in [0, 0.1) is 5.82 Å². The lowest BCUT2D eigenvalue weighted by Gasteiger charge is -2.20. The average Bonchev–Trinajstić information content (AvgIpc) is 2.61. The zero-order chi connectivity index (χ0) is 18.2. The third kappa shape index (κ3) is 6.00. The number of likely N-dealkylation sites (N-methyl/N-ethyl adjacent to an activating group) is 1. The molecule has 2 aromatic rings. The van der Waals surface area contributed by atoms with Crippen LogP contribution in [-0.4, -0.2) is 31.4 Å². The molecular weight excluding hydrogens is 321 g/mol. The van der Waals surface area contributed by atoms with Gasteiger partial charge in [0.1, 0.15) is 5.82 Å². The Morgan fingerprint density at radius 1 is 1.08 bits per heavy atom. The van der Waals surface area contributed by atoms with Crippen LogP contribution in [0.25, 0.3) is 0 Å². The summed E-state index contributed by atoms with van der Waals surface area (Å²) in [7, 11) is 1.79. The van der Waals surface area contributed by atoms with Crippen LogP contribution in [0.15, 0.2) is 54.6 Å². The highest BCUT2D eigenvalue weighted by molar-refractivity contribution is 5.91. The van der Waals surface area contributed by atoms with Gasteiger partial charge >= 0.3 is 0 Å². The van der Waals surface area contributed by atoms with E-state index < -0.39 is 0 Å². The van der Waals surface area contributed by atoms with E-state index in [0.717, 1.165) is 10.5 Å². The fourth-order valence-corrected chi connectivity index (χ4v) is 2.31. The molecule has 2 amide bonds. The predicted molar refractivity (Wildman–Crippen MR) is 94.5 cm³/mol. The van der Waals surface area contributed by atoms with E-state index in [9.17, 15) is 14.0 Å². The van der Waals surface area contributed by atoms with Crippen molar-refractivity contribution in [2.75, 3.05) is 18.9 Å². The van der Waals surface area contributed by atoms with Crippen LogP contribution in [0.4, 0.5) is 10.1 Å². The molecule has 0 saturated carbocycles. The van der Waals surface area contributed by atoms with Crippen molar-refractivity contribution in [3.05, 3.63) is 66.0 Å². The third-order valence-electron chi connectivity index (χ3n) is 4.01. The van der Waals surface area contributed by atoms with Crippen molar-refractivity contribution < 1.29 is 18.9 Å². The molecule has 0 saturated heterocycles. The summed E-state index contributed by atoms with van der Waals surface area (Å²) in [6.07, 6.45) is 0. The van der Waals surface area contributed by atoms with Gasteiger partial charge in [0.05, 0.1) is 7.05 Å². The largest absolute Gasteiger partial charge is 0.347 e. The van der Waals surface area contributed by atoms with Crippen molar-refractivity contribution in [2.45, 2.75) is 19.5 Å². The monoisotopic (exact) mass is 344 g/mol. The minimum Gasteiger partial charge on any atom is -0.347 e. The minimum atomic E-state index is -0.373. The number of nitrogens with one attached hydrogen (secondary N) is 3. The molecule has 2 atom stereocenters. The highest BCUT2D eigenvalue weighted by Gasteiger charge is 2.23. The van der Waals surface area contributed by atoms with Crippen molar-refractivity contribution >= 4 is 17.5 Å². The van der Waals surface area contributed by atoms with Gasteiger partial charge in [-0.3, -0.25) is 9.59 Å². The van der Waals surface area contributed by atoms with E-state index in [1.54, 1.807) is 14.0 Å². The van der Waals surface area contributed by atoms with E-state index >= 15 is 0 Å². The molecule has 0 spiro atoms.